The lowest BCUT2D eigenvalue weighted by Gasteiger charge is -2.01. The van der Waals surface area contributed by atoms with E-state index in [1.54, 1.807) is 0 Å². The number of hydrogen-bond donors (Lipinski definition) is 0. The number of nitro benzene ring substituents is 1. The first-order valence-electron chi connectivity index (χ1n) is 3.75. The van der Waals surface area contributed by atoms with E-state index >= 15 is 0 Å². The number of rotatable bonds is 3. The molecule has 0 unspecified atom stereocenters. The summed E-state index contributed by atoms with van der Waals surface area (Å²) < 4.78 is 47.4. The Kier molecular flexibility index (Phi) is 3.44. The SMILES string of the molecule is O=[N+]([O-])c1cc(F)c(CS(=O)(=O)Cl)cc1F. The molecule has 5 nitrogen and oxygen atoms in total. The van der Waals surface area contributed by atoms with Gasteiger partial charge in [0.05, 0.1) is 16.7 Å². The molecule has 0 aliphatic heterocycles. The summed E-state index contributed by atoms with van der Waals surface area (Å²) in [5.74, 6) is -3.45. The number of nitro groups is 1. The molecule has 0 bridgehead atoms. The molecule has 0 N–H and O–H groups in total. The van der Waals surface area contributed by atoms with Crippen molar-refractivity contribution in [3.05, 3.63) is 39.4 Å². The Hall–Kier alpha value is -1.28. The summed E-state index contributed by atoms with van der Waals surface area (Å²) in [5, 5.41) is 10.2. The third kappa shape index (κ3) is 3.11. The van der Waals surface area contributed by atoms with E-state index in [4.69, 9.17) is 10.7 Å². The maximum atomic E-state index is 13.1. The van der Waals surface area contributed by atoms with Gasteiger partial charge in [0.1, 0.15) is 5.82 Å². The first-order chi connectivity index (χ1) is 7.20. The fourth-order valence-corrected chi connectivity index (χ4v) is 1.96. The summed E-state index contributed by atoms with van der Waals surface area (Å²) in [6.45, 7) is 0. The van der Waals surface area contributed by atoms with Crippen molar-refractivity contribution in [1.29, 1.82) is 0 Å². The predicted octanol–water partition coefficient (Wildman–Crippen LogP) is 1.94. The molecule has 0 aliphatic carbocycles. The molecule has 0 saturated heterocycles. The van der Waals surface area contributed by atoms with E-state index < -0.39 is 42.6 Å². The molecule has 0 aromatic heterocycles. The zero-order valence-corrected chi connectivity index (χ0v) is 9.06. The second-order valence-electron chi connectivity index (χ2n) is 2.84. The van der Waals surface area contributed by atoms with E-state index in [2.05, 4.69) is 0 Å². The van der Waals surface area contributed by atoms with Crippen LogP contribution < -0.4 is 0 Å². The van der Waals surface area contributed by atoms with Gasteiger partial charge in [0.25, 0.3) is 0 Å². The summed E-state index contributed by atoms with van der Waals surface area (Å²) in [5.41, 5.74) is -1.62. The van der Waals surface area contributed by atoms with Crippen molar-refractivity contribution in [3.8, 4) is 0 Å². The second-order valence-corrected chi connectivity index (χ2v) is 5.61. The number of hydrogen-bond acceptors (Lipinski definition) is 4. The molecular weight excluding hydrogens is 268 g/mol. The Balaban J connectivity index is 3.26. The van der Waals surface area contributed by atoms with Gasteiger partial charge < -0.3 is 0 Å². The molecular formula is C7H4ClF2NO4S. The minimum atomic E-state index is -4.05. The maximum Gasteiger partial charge on any atom is 0.307 e. The van der Waals surface area contributed by atoms with E-state index in [0.29, 0.717) is 12.1 Å². The maximum absolute atomic E-state index is 13.1. The average molecular weight is 272 g/mol. The standard InChI is InChI=1S/C7H4ClF2NO4S/c8-16(14,15)3-4-1-6(10)7(11(12)13)2-5(4)9/h1-2H,3H2. The lowest BCUT2D eigenvalue weighted by Crippen LogP contribution is -2.02. The lowest BCUT2D eigenvalue weighted by atomic mass is 10.2. The number of benzene rings is 1. The summed E-state index contributed by atoms with van der Waals surface area (Å²) in [6, 6.07) is 0.750. The van der Waals surface area contributed by atoms with Crippen LogP contribution in [0.3, 0.4) is 0 Å². The van der Waals surface area contributed by atoms with Gasteiger partial charge in [-0.2, -0.15) is 4.39 Å². The highest BCUT2D eigenvalue weighted by Gasteiger charge is 2.20. The Morgan fingerprint density at radius 1 is 1.31 bits per heavy atom. The first kappa shape index (κ1) is 12.8. The van der Waals surface area contributed by atoms with Crippen LogP contribution in [0.4, 0.5) is 14.5 Å². The van der Waals surface area contributed by atoms with Crippen LogP contribution in [0.1, 0.15) is 5.56 Å². The van der Waals surface area contributed by atoms with Crippen LogP contribution in [0, 0.1) is 21.7 Å². The number of halogens is 3. The third-order valence-electron chi connectivity index (χ3n) is 1.64. The van der Waals surface area contributed by atoms with Gasteiger partial charge in [-0.25, -0.2) is 12.8 Å². The monoisotopic (exact) mass is 271 g/mol. The van der Waals surface area contributed by atoms with E-state index in [1.807, 2.05) is 0 Å². The van der Waals surface area contributed by atoms with Gasteiger partial charge in [0, 0.05) is 16.2 Å². The topological polar surface area (TPSA) is 77.3 Å². The van der Waals surface area contributed by atoms with Gasteiger partial charge >= 0.3 is 5.69 Å². The van der Waals surface area contributed by atoms with E-state index in [-0.39, 0.29) is 0 Å². The average Bonchev–Trinajstić information content (AvgIpc) is 2.07. The van der Waals surface area contributed by atoms with Gasteiger partial charge in [-0.1, -0.05) is 0 Å². The van der Waals surface area contributed by atoms with Gasteiger partial charge in [-0.05, 0) is 6.07 Å². The molecule has 1 rings (SSSR count). The van der Waals surface area contributed by atoms with Crippen molar-refractivity contribution < 1.29 is 22.1 Å². The zero-order chi connectivity index (χ0) is 12.5. The van der Waals surface area contributed by atoms with Crippen molar-refractivity contribution in [2.45, 2.75) is 5.75 Å². The Bertz CT molecular complexity index is 546. The Morgan fingerprint density at radius 2 is 1.88 bits per heavy atom. The Morgan fingerprint density at radius 3 is 2.31 bits per heavy atom. The summed E-state index contributed by atoms with van der Waals surface area (Å²) in [4.78, 5) is 9.11. The second kappa shape index (κ2) is 4.30. The molecule has 0 spiro atoms. The van der Waals surface area contributed by atoms with Gasteiger partial charge in [0.2, 0.25) is 14.9 Å². The molecule has 0 heterocycles. The van der Waals surface area contributed by atoms with Crippen LogP contribution >= 0.6 is 10.7 Å². The minimum absolute atomic E-state index is 0.312. The largest absolute Gasteiger partial charge is 0.307 e. The van der Waals surface area contributed by atoms with Crippen molar-refractivity contribution >= 4 is 25.4 Å². The molecule has 0 amide bonds. The summed E-state index contributed by atoms with van der Waals surface area (Å²) >= 11 is 0. The smallest absolute Gasteiger partial charge is 0.258 e. The third-order valence-corrected chi connectivity index (χ3v) is 2.62. The van der Waals surface area contributed by atoms with Crippen molar-refractivity contribution in [2.24, 2.45) is 0 Å². The molecule has 9 heteroatoms. The molecule has 0 saturated carbocycles. The van der Waals surface area contributed by atoms with Crippen molar-refractivity contribution in [1.82, 2.24) is 0 Å². The molecule has 1 aromatic carbocycles. The normalized spacial score (nSPS) is 11.4. The van der Waals surface area contributed by atoms with E-state index in [9.17, 15) is 27.3 Å². The highest BCUT2D eigenvalue weighted by molar-refractivity contribution is 8.13. The highest BCUT2D eigenvalue weighted by atomic mass is 35.7. The van der Waals surface area contributed by atoms with Crippen LogP contribution in [-0.4, -0.2) is 13.3 Å². The summed E-state index contributed by atoms with van der Waals surface area (Å²) in [6.07, 6.45) is 0. The van der Waals surface area contributed by atoms with Crippen molar-refractivity contribution in [2.75, 3.05) is 0 Å². The lowest BCUT2D eigenvalue weighted by molar-refractivity contribution is -0.387. The fraction of sp³-hybridized carbons (Fsp3) is 0.143. The molecule has 0 radical (unpaired) electrons. The van der Waals surface area contributed by atoms with Gasteiger partial charge in [0.15, 0.2) is 0 Å². The molecule has 88 valence electrons. The zero-order valence-electron chi connectivity index (χ0n) is 7.48. The predicted molar refractivity (Wildman–Crippen MR) is 51.5 cm³/mol. The molecule has 0 aliphatic rings. The Labute approximate surface area is 93.2 Å². The van der Waals surface area contributed by atoms with E-state index in [1.165, 1.54) is 0 Å². The summed E-state index contributed by atoms with van der Waals surface area (Å²) in [7, 11) is 0.790. The quantitative estimate of drug-likeness (QED) is 0.478. The van der Waals surface area contributed by atoms with Crippen LogP contribution in [0.25, 0.3) is 0 Å². The first-order valence-corrected chi connectivity index (χ1v) is 6.23. The fourth-order valence-electron chi connectivity index (χ4n) is 1.01. The van der Waals surface area contributed by atoms with Crippen molar-refractivity contribution in [3.63, 3.8) is 0 Å². The van der Waals surface area contributed by atoms with Gasteiger partial charge in [-0.15, -0.1) is 0 Å². The molecule has 0 fully saturated rings. The molecule has 0 atom stereocenters. The molecule has 16 heavy (non-hydrogen) atoms. The number of nitrogens with zero attached hydrogens (tertiary/aromatic N) is 1. The molecule has 1 aromatic rings. The minimum Gasteiger partial charge on any atom is -0.258 e. The van der Waals surface area contributed by atoms with E-state index in [0.717, 1.165) is 0 Å². The van der Waals surface area contributed by atoms with Crippen LogP contribution in [-0.2, 0) is 14.8 Å². The van der Waals surface area contributed by atoms with Crippen LogP contribution in [0.2, 0.25) is 0 Å². The highest BCUT2D eigenvalue weighted by Crippen LogP contribution is 2.23. The van der Waals surface area contributed by atoms with Gasteiger partial charge in [-0.3, -0.25) is 10.1 Å². The van der Waals surface area contributed by atoms with Crippen LogP contribution in [0.5, 0.6) is 0 Å². The van der Waals surface area contributed by atoms with Crippen LogP contribution in [0.15, 0.2) is 12.1 Å².